The molecule has 1 aliphatic rings. The monoisotopic (exact) mass is 345 g/mol. The molecule has 2 aromatic carbocycles. The minimum atomic E-state index is -0.0591. The molecular weight excluding hydrogens is 326 g/mol. The SMILES string of the molecule is Cc1ccc(C(=O)NCCc2cc(Cl)c3c(c2)OCCO3)c(C)c1. The van der Waals surface area contributed by atoms with E-state index in [0.717, 1.165) is 16.7 Å². The molecule has 2 aromatic rings. The van der Waals surface area contributed by atoms with Crippen LogP contribution < -0.4 is 14.8 Å². The van der Waals surface area contributed by atoms with Gasteiger partial charge in [-0.1, -0.05) is 29.3 Å². The molecule has 0 atom stereocenters. The summed E-state index contributed by atoms with van der Waals surface area (Å²) in [5.41, 5.74) is 3.84. The van der Waals surface area contributed by atoms with Crippen molar-refractivity contribution in [2.24, 2.45) is 0 Å². The van der Waals surface area contributed by atoms with Gasteiger partial charge in [-0.2, -0.15) is 0 Å². The van der Waals surface area contributed by atoms with Gasteiger partial charge in [0.05, 0.1) is 5.02 Å². The van der Waals surface area contributed by atoms with Gasteiger partial charge in [-0.3, -0.25) is 4.79 Å². The van der Waals surface area contributed by atoms with E-state index in [1.54, 1.807) is 0 Å². The van der Waals surface area contributed by atoms with E-state index in [9.17, 15) is 4.79 Å². The number of fused-ring (bicyclic) bond motifs is 1. The molecule has 126 valence electrons. The maximum Gasteiger partial charge on any atom is 0.251 e. The number of rotatable bonds is 4. The van der Waals surface area contributed by atoms with Crippen LogP contribution in [0.15, 0.2) is 30.3 Å². The molecule has 1 aliphatic heterocycles. The highest BCUT2D eigenvalue weighted by Gasteiger charge is 2.16. The van der Waals surface area contributed by atoms with Crippen LogP contribution in [0.1, 0.15) is 27.0 Å². The Morgan fingerprint density at radius 3 is 2.75 bits per heavy atom. The number of benzene rings is 2. The first-order valence-electron chi connectivity index (χ1n) is 7.98. The van der Waals surface area contributed by atoms with Crippen molar-refractivity contribution in [2.45, 2.75) is 20.3 Å². The van der Waals surface area contributed by atoms with Gasteiger partial charge in [0.1, 0.15) is 13.2 Å². The highest BCUT2D eigenvalue weighted by molar-refractivity contribution is 6.32. The van der Waals surface area contributed by atoms with Gasteiger partial charge < -0.3 is 14.8 Å². The molecule has 0 bridgehead atoms. The standard InChI is InChI=1S/C19H20ClNO3/c1-12-3-4-15(13(2)9-12)19(22)21-6-5-14-10-16(20)18-17(11-14)23-7-8-24-18/h3-4,9-11H,5-8H2,1-2H3,(H,21,22). The van der Waals surface area contributed by atoms with E-state index in [4.69, 9.17) is 21.1 Å². The maximum atomic E-state index is 12.3. The van der Waals surface area contributed by atoms with Gasteiger partial charge in [0.2, 0.25) is 0 Å². The average molecular weight is 346 g/mol. The maximum absolute atomic E-state index is 12.3. The molecule has 0 fully saturated rings. The fourth-order valence-electron chi connectivity index (χ4n) is 2.79. The summed E-state index contributed by atoms with van der Waals surface area (Å²) in [7, 11) is 0. The number of ether oxygens (including phenoxy) is 2. The summed E-state index contributed by atoms with van der Waals surface area (Å²) in [6.45, 7) is 5.53. The predicted octanol–water partition coefficient (Wildman–Crippen LogP) is 3.70. The molecule has 4 nitrogen and oxygen atoms in total. The molecule has 0 saturated carbocycles. The van der Waals surface area contributed by atoms with Crippen molar-refractivity contribution in [3.63, 3.8) is 0 Å². The van der Waals surface area contributed by atoms with Crippen LogP contribution in [0.25, 0.3) is 0 Å². The molecule has 5 heteroatoms. The van der Waals surface area contributed by atoms with Gasteiger partial charge in [0.15, 0.2) is 11.5 Å². The largest absolute Gasteiger partial charge is 0.486 e. The van der Waals surface area contributed by atoms with Crippen LogP contribution in [0.4, 0.5) is 0 Å². The molecule has 0 spiro atoms. The van der Waals surface area contributed by atoms with E-state index in [2.05, 4.69) is 5.32 Å². The lowest BCUT2D eigenvalue weighted by Gasteiger charge is -2.20. The Kier molecular flexibility index (Phi) is 4.95. The first kappa shape index (κ1) is 16.7. The number of carbonyl (C=O) groups is 1. The Bertz CT molecular complexity index is 773. The molecule has 0 saturated heterocycles. The molecule has 0 radical (unpaired) electrons. The summed E-state index contributed by atoms with van der Waals surface area (Å²) in [6, 6.07) is 9.60. The van der Waals surface area contributed by atoms with Crippen LogP contribution in [0.3, 0.4) is 0 Å². The number of hydrogen-bond donors (Lipinski definition) is 1. The second kappa shape index (κ2) is 7.14. The van der Waals surface area contributed by atoms with E-state index in [1.165, 1.54) is 0 Å². The second-order valence-corrected chi connectivity index (χ2v) is 6.33. The number of halogens is 1. The Hall–Kier alpha value is -2.20. The normalized spacial score (nSPS) is 12.8. The first-order valence-corrected chi connectivity index (χ1v) is 8.36. The van der Waals surface area contributed by atoms with Crippen LogP contribution in [-0.2, 0) is 6.42 Å². The summed E-state index contributed by atoms with van der Waals surface area (Å²) in [5.74, 6) is 1.21. The summed E-state index contributed by atoms with van der Waals surface area (Å²) >= 11 is 6.23. The van der Waals surface area contributed by atoms with E-state index >= 15 is 0 Å². The zero-order valence-electron chi connectivity index (χ0n) is 13.8. The molecule has 1 N–H and O–H groups in total. The number of hydrogen-bond acceptors (Lipinski definition) is 3. The lowest BCUT2D eigenvalue weighted by molar-refractivity contribution is 0.0953. The van der Waals surface area contributed by atoms with Crippen LogP contribution >= 0.6 is 11.6 Å². The fraction of sp³-hybridized carbons (Fsp3) is 0.316. The number of carbonyl (C=O) groups excluding carboxylic acids is 1. The summed E-state index contributed by atoms with van der Waals surface area (Å²) in [5, 5.41) is 3.50. The van der Waals surface area contributed by atoms with Crippen LogP contribution in [0.2, 0.25) is 5.02 Å². The third-order valence-electron chi connectivity index (χ3n) is 3.98. The number of aryl methyl sites for hydroxylation is 2. The minimum Gasteiger partial charge on any atom is -0.486 e. The first-order chi connectivity index (χ1) is 11.5. The predicted molar refractivity (Wildman–Crippen MR) is 94.4 cm³/mol. The summed E-state index contributed by atoms with van der Waals surface area (Å²) in [6.07, 6.45) is 0.674. The van der Waals surface area contributed by atoms with Crippen molar-refractivity contribution in [2.75, 3.05) is 19.8 Å². The quantitative estimate of drug-likeness (QED) is 0.919. The Morgan fingerprint density at radius 1 is 1.17 bits per heavy atom. The van der Waals surface area contributed by atoms with E-state index < -0.39 is 0 Å². The smallest absolute Gasteiger partial charge is 0.251 e. The molecule has 3 rings (SSSR count). The zero-order chi connectivity index (χ0) is 17.1. The van der Waals surface area contributed by atoms with Crippen molar-refractivity contribution < 1.29 is 14.3 Å². The molecule has 1 amide bonds. The van der Waals surface area contributed by atoms with Crippen molar-refractivity contribution >= 4 is 17.5 Å². The van der Waals surface area contributed by atoms with Gasteiger partial charge in [0.25, 0.3) is 5.91 Å². The fourth-order valence-corrected chi connectivity index (χ4v) is 3.08. The van der Waals surface area contributed by atoms with Crippen molar-refractivity contribution in [3.05, 3.63) is 57.6 Å². The van der Waals surface area contributed by atoms with Gasteiger partial charge in [-0.05, 0) is 49.6 Å². The average Bonchev–Trinajstić information content (AvgIpc) is 2.55. The summed E-state index contributed by atoms with van der Waals surface area (Å²) in [4.78, 5) is 12.3. The molecule has 0 unspecified atom stereocenters. The van der Waals surface area contributed by atoms with Gasteiger partial charge in [-0.15, -0.1) is 0 Å². The van der Waals surface area contributed by atoms with E-state index in [-0.39, 0.29) is 5.91 Å². The second-order valence-electron chi connectivity index (χ2n) is 5.93. The third kappa shape index (κ3) is 3.65. The lowest BCUT2D eigenvalue weighted by Crippen LogP contribution is -2.26. The molecule has 0 aromatic heterocycles. The Labute approximate surface area is 146 Å². The van der Waals surface area contributed by atoms with Gasteiger partial charge in [-0.25, -0.2) is 0 Å². The molecule has 24 heavy (non-hydrogen) atoms. The highest BCUT2D eigenvalue weighted by Crippen LogP contribution is 2.38. The highest BCUT2D eigenvalue weighted by atomic mass is 35.5. The zero-order valence-corrected chi connectivity index (χ0v) is 14.6. The number of nitrogens with one attached hydrogen (secondary N) is 1. The van der Waals surface area contributed by atoms with Gasteiger partial charge in [0, 0.05) is 12.1 Å². The lowest BCUT2D eigenvalue weighted by atomic mass is 10.1. The van der Waals surface area contributed by atoms with Crippen LogP contribution in [0.5, 0.6) is 11.5 Å². The Morgan fingerprint density at radius 2 is 1.96 bits per heavy atom. The van der Waals surface area contributed by atoms with Crippen molar-refractivity contribution in [1.29, 1.82) is 0 Å². The molecular formula is C19H20ClNO3. The number of amides is 1. The summed E-state index contributed by atoms with van der Waals surface area (Å²) < 4.78 is 11.1. The molecule has 0 aliphatic carbocycles. The minimum absolute atomic E-state index is 0.0591. The van der Waals surface area contributed by atoms with Crippen molar-refractivity contribution in [1.82, 2.24) is 5.32 Å². The van der Waals surface area contributed by atoms with Crippen LogP contribution in [-0.4, -0.2) is 25.7 Å². The van der Waals surface area contributed by atoms with Crippen molar-refractivity contribution in [3.8, 4) is 11.5 Å². The van der Waals surface area contributed by atoms with E-state index in [0.29, 0.717) is 48.3 Å². The van der Waals surface area contributed by atoms with E-state index in [1.807, 2.05) is 44.2 Å². The van der Waals surface area contributed by atoms with Gasteiger partial charge >= 0.3 is 0 Å². The van der Waals surface area contributed by atoms with Crippen LogP contribution in [0, 0.1) is 13.8 Å². The Balaban J connectivity index is 1.62. The third-order valence-corrected chi connectivity index (χ3v) is 4.26. The topological polar surface area (TPSA) is 47.6 Å². The molecule has 1 heterocycles.